The average molecular weight is 825 g/mol. The maximum atomic E-state index is 12.6. The Balaban J connectivity index is 4.29. The summed E-state index contributed by atoms with van der Waals surface area (Å²) < 4.78 is 32.7. The molecule has 1 unspecified atom stereocenters. The van der Waals surface area contributed by atoms with Crippen molar-refractivity contribution in [3.8, 4) is 0 Å². The van der Waals surface area contributed by atoms with Gasteiger partial charge in [-0.1, -0.05) is 152 Å². The fourth-order valence-corrected chi connectivity index (χ4v) is 6.53. The number of hydrogen-bond donors (Lipinski definition) is 3. The van der Waals surface area contributed by atoms with Crippen LogP contribution in [0.25, 0.3) is 0 Å². The molecule has 0 saturated carbocycles. The smallest absolute Gasteiger partial charge is 0.462 e. The van der Waals surface area contributed by atoms with Gasteiger partial charge in [-0.3, -0.25) is 18.6 Å². The van der Waals surface area contributed by atoms with E-state index in [0.29, 0.717) is 12.8 Å². The number of hydrogen-bond acceptors (Lipinski definition) is 9. The summed E-state index contributed by atoms with van der Waals surface area (Å²) in [4.78, 5) is 35.0. The van der Waals surface area contributed by atoms with Gasteiger partial charge in [0.2, 0.25) is 0 Å². The number of allylic oxidation sites excluding steroid dienone is 10. The topological polar surface area (TPSA) is 149 Å². The highest BCUT2D eigenvalue weighted by molar-refractivity contribution is 7.47. The van der Waals surface area contributed by atoms with Gasteiger partial charge in [-0.15, -0.1) is 0 Å². The Morgan fingerprint density at radius 3 is 1.46 bits per heavy atom. The number of phosphoric ester groups is 1. The molecular weight excluding hydrogens is 743 g/mol. The van der Waals surface area contributed by atoms with Crippen LogP contribution in [0.2, 0.25) is 0 Å². The van der Waals surface area contributed by atoms with Gasteiger partial charge >= 0.3 is 19.8 Å². The third-order valence-corrected chi connectivity index (χ3v) is 10.1. The van der Waals surface area contributed by atoms with Crippen LogP contribution in [0.5, 0.6) is 0 Å². The van der Waals surface area contributed by atoms with E-state index in [4.69, 9.17) is 19.1 Å². The van der Waals surface area contributed by atoms with Gasteiger partial charge in [-0.25, -0.2) is 4.57 Å². The summed E-state index contributed by atoms with van der Waals surface area (Å²) in [6.07, 6.45) is 46.1. The predicted octanol–water partition coefficient (Wildman–Crippen LogP) is 11.9. The van der Waals surface area contributed by atoms with Gasteiger partial charge in [0.25, 0.3) is 0 Å². The van der Waals surface area contributed by atoms with Gasteiger partial charge in [0, 0.05) is 12.8 Å². The molecule has 0 amide bonds. The molecule has 0 aliphatic heterocycles. The molecule has 0 heterocycles. The molecule has 3 atom stereocenters. The highest BCUT2D eigenvalue weighted by Gasteiger charge is 2.27. The first-order chi connectivity index (χ1) is 27.7. The van der Waals surface area contributed by atoms with Crippen LogP contribution in [0.1, 0.15) is 181 Å². The fourth-order valence-electron chi connectivity index (χ4n) is 5.74. The standard InChI is InChI=1S/C46H81O10P/c1-3-5-7-9-11-13-15-17-19-20-21-22-24-25-27-29-31-33-35-37-45(49)53-41-44(42-55-57(51,52)54-40-43(48)39-47)56-46(50)38-36-34-32-30-28-26-23-18-16-14-12-10-8-6-4-2/h6,8,11-14,17-19,23,43-44,47-48H,3-5,7,9-10,15-16,20-22,24-42H2,1-2H3,(H,51,52)/b8-6+,13-11+,14-12+,19-17+,23-18+/t43-,44+/m0/s1. The van der Waals surface area contributed by atoms with Gasteiger partial charge in [0.15, 0.2) is 6.10 Å². The monoisotopic (exact) mass is 825 g/mol. The average Bonchev–Trinajstić information content (AvgIpc) is 3.20. The van der Waals surface area contributed by atoms with E-state index in [1.165, 1.54) is 57.8 Å². The molecule has 0 aromatic rings. The second kappa shape index (κ2) is 41.8. The number of aliphatic hydroxyl groups excluding tert-OH is 2. The zero-order valence-electron chi connectivity index (χ0n) is 35.8. The number of carbonyl (C=O) groups excluding carboxylic acids is 2. The van der Waals surface area contributed by atoms with Crippen LogP contribution >= 0.6 is 7.82 Å². The lowest BCUT2D eigenvalue weighted by atomic mass is 10.1. The molecule has 57 heavy (non-hydrogen) atoms. The predicted molar refractivity (Wildman–Crippen MR) is 233 cm³/mol. The van der Waals surface area contributed by atoms with Gasteiger partial charge < -0.3 is 24.6 Å². The highest BCUT2D eigenvalue weighted by Crippen LogP contribution is 2.43. The van der Waals surface area contributed by atoms with Crippen molar-refractivity contribution in [2.45, 2.75) is 193 Å². The first-order valence-corrected chi connectivity index (χ1v) is 23.7. The lowest BCUT2D eigenvalue weighted by molar-refractivity contribution is -0.161. The molecule has 3 N–H and O–H groups in total. The summed E-state index contributed by atoms with van der Waals surface area (Å²) in [5, 5.41) is 18.3. The SMILES string of the molecule is CC/C=C/C/C=C/C/C=C/CCCCCCCC(=O)O[C@H](COC(=O)CCCCCCCCCCC/C=C/C/C=C/CCCCC)COP(=O)(O)OC[C@@H](O)CO. The van der Waals surface area contributed by atoms with Crippen LogP contribution in [0.15, 0.2) is 60.8 Å². The molecule has 0 aromatic carbocycles. The van der Waals surface area contributed by atoms with Gasteiger partial charge in [0.1, 0.15) is 12.7 Å². The Hall–Kier alpha value is -2.33. The third kappa shape index (κ3) is 41.6. The maximum absolute atomic E-state index is 12.6. The third-order valence-electron chi connectivity index (χ3n) is 9.16. The van der Waals surface area contributed by atoms with Crippen LogP contribution < -0.4 is 0 Å². The van der Waals surface area contributed by atoms with Gasteiger partial charge in [-0.2, -0.15) is 0 Å². The minimum atomic E-state index is -4.63. The largest absolute Gasteiger partial charge is 0.472 e. The van der Waals surface area contributed by atoms with Crippen LogP contribution in [0.3, 0.4) is 0 Å². The van der Waals surface area contributed by atoms with E-state index in [1.54, 1.807) is 0 Å². The van der Waals surface area contributed by atoms with Crippen molar-refractivity contribution in [3.05, 3.63) is 60.8 Å². The molecular formula is C46H81O10P. The second-order valence-corrected chi connectivity index (χ2v) is 16.1. The Labute approximate surface area is 346 Å². The van der Waals surface area contributed by atoms with Crippen molar-refractivity contribution in [2.75, 3.05) is 26.4 Å². The van der Waals surface area contributed by atoms with Crippen LogP contribution in [0.4, 0.5) is 0 Å². The number of ether oxygens (including phenoxy) is 2. The van der Waals surface area contributed by atoms with E-state index >= 15 is 0 Å². The Bertz CT molecular complexity index is 1130. The lowest BCUT2D eigenvalue weighted by Gasteiger charge is -2.20. The number of rotatable bonds is 41. The number of phosphoric acid groups is 1. The molecule has 0 fully saturated rings. The molecule has 0 aliphatic carbocycles. The Morgan fingerprint density at radius 2 is 0.965 bits per heavy atom. The van der Waals surface area contributed by atoms with Crippen molar-refractivity contribution in [1.82, 2.24) is 0 Å². The summed E-state index contributed by atoms with van der Waals surface area (Å²) in [5.74, 6) is -0.952. The van der Waals surface area contributed by atoms with Crippen LogP contribution in [-0.4, -0.2) is 65.7 Å². The molecule has 0 spiro atoms. The number of unbranched alkanes of at least 4 members (excludes halogenated alkanes) is 17. The Kier molecular flexibility index (Phi) is 40.1. The molecule has 0 rings (SSSR count). The van der Waals surface area contributed by atoms with Gasteiger partial charge in [0.05, 0.1) is 19.8 Å². The van der Waals surface area contributed by atoms with E-state index in [9.17, 15) is 24.2 Å². The summed E-state index contributed by atoms with van der Waals surface area (Å²) in [6.45, 7) is 2.22. The molecule has 0 bridgehead atoms. The molecule has 0 radical (unpaired) electrons. The first-order valence-electron chi connectivity index (χ1n) is 22.2. The van der Waals surface area contributed by atoms with Crippen molar-refractivity contribution in [2.24, 2.45) is 0 Å². The molecule has 0 saturated heterocycles. The number of carbonyl (C=O) groups is 2. The van der Waals surface area contributed by atoms with Crippen molar-refractivity contribution in [1.29, 1.82) is 0 Å². The quantitative estimate of drug-likeness (QED) is 0.0235. The minimum Gasteiger partial charge on any atom is -0.462 e. The van der Waals surface area contributed by atoms with E-state index in [-0.39, 0.29) is 19.4 Å². The molecule has 330 valence electrons. The van der Waals surface area contributed by atoms with Crippen LogP contribution in [-0.2, 0) is 32.7 Å². The molecule has 10 nitrogen and oxygen atoms in total. The fraction of sp³-hybridized carbons (Fsp3) is 0.739. The van der Waals surface area contributed by atoms with E-state index < -0.39 is 51.8 Å². The summed E-state index contributed by atoms with van der Waals surface area (Å²) in [6, 6.07) is 0. The normalized spacial score (nSPS) is 14.4. The number of esters is 2. The summed E-state index contributed by atoms with van der Waals surface area (Å²) >= 11 is 0. The van der Waals surface area contributed by atoms with E-state index in [2.05, 4.69) is 79.1 Å². The molecule has 0 aliphatic rings. The first kappa shape index (κ1) is 54.7. The van der Waals surface area contributed by atoms with Crippen molar-refractivity contribution in [3.63, 3.8) is 0 Å². The summed E-state index contributed by atoms with van der Waals surface area (Å²) in [7, 11) is -4.63. The van der Waals surface area contributed by atoms with Crippen molar-refractivity contribution < 1.29 is 47.8 Å². The second-order valence-electron chi connectivity index (χ2n) is 14.7. The Morgan fingerprint density at radius 1 is 0.544 bits per heavy atom. The molecule has 0 aromatic heterocycles. The minimum absolute atomic E-state index is 0.162. The lowest BCUT2D eigenvalue weighted by Crippen LogP contribution is -2.29. The van der Waals surface area contributed by atoms with E-state index in [0.717, 1.165) is 83.5 Å². The van der Waals surface area contributed by atoms with Crippen molar-refractivity contribution >= 4 is 19.8 Å². The number of aliphatic hydroxyl groups is 2. The van der Waals surface area contributed by atoms with Gasteiger partial charge in [-0.05, 0) is 77.0 Å². The van der Waals surface area contributed by atoms with Crippen LogP contribution in [0, 0.1) is 0 Å². The zero-order chi connectivity index (χ0) is 41.9. The zero-order valence-corrected chi connectivity index (χ0v) is 36.7. The molecule has 11 heteroatoms. The summed E-state index contributed by atoms with van der Waals surface area (Å²) in [5.41, 5.74) is 0. The highest BCUT2D eigenvalue weighted by atomic mass is 31.2. The van der Waals surface area contributed by atoms with E-state index in [1.807, 2.05) is 0 Å². The maximum Gasteiger partial charge on any atom is 0.472 e.